The monoisotopic (exact) mass is 612 g/mol. The minimum absolute atomic E-state index is 0.0147. The molecule has 0 fully saturated rings. The summed E-state index contributed by atoms with van der Waals surface area (Å²) in [6.07, 6.45) is -1.02. The van der Waals surface area contributed by atoms with Crippen LogP contribution in [-0.2, 0) is 6.18 Å². The standard InChI is InChI=1S/C31H32ClF3N6O2/c1-20-17-24(43-28-13-15-37-29(40-28)36-14-4-5-16-41(2)3)10-12-27(20)39-30(42)38-23-9-11-25(26(19-23)31(33,34)35)21-7-6-8-22(32)18-21/h6-13,15,17-19H,4-5,14,16H2,1-3H3,(H,36,37,40)(H2,38,39,42). The SMILES string of the molecule is Cc1cc(Oc2ccnc(NCCCCN(C)C)n2)ccc1NC(=O)Nc1ccc(-c2cccc(Cl)c2)c(C(F)(F)F)c1. The molecule has 0 bridgehead atoms. The van der Waals surface area contributed by atoms with Crippen molar-refractivity contribution < 1.29 is 22.7 Å². The zero-order valence-corrected chi connectivity index (χ0v) is 24.7. The lowest BCUT2D eigenvalue weighted by Gasteiger charge is -2.16. The summed E-state index contributed by atoms with van der Waals surface area (Å²) in [6, 6.07) is 15.7. The van der Waals surface area contributed by atoms with Gasteiger partial charge in [-0.1, -0.05) is 29.8 Å². The highest BCUT2D eigenvalue weighted by atomic mass is 35.5. The Morgan fingerprint density at radius 2 is 1.81 bits per heavy atom. The lowest BCUT2D eigenvalue weighted by Crippen LogP contribution is -2.20. The minimum Gasteiger partial charge on any atom is -0.439 e. The van der Waals surface area contributed by atoms with Crippen LogP contribution in [0, 0.1) is 6.92 Å². The quantitative estimate of drug-likeness (QED) is 0.148. The van der Waals surface area contributed by atoms with Crippen LogP contribution in [0.3, 0.4) is 0 Å². The molecule has 0 atom stereocenters. The molecule has 12 heteroatoms. The van der Waals surface area contributed by atoms with Crippen LogP contribution in [0.4, 0.5) is 35.3 Å². The Labute approximate surface area is 253 Å². The van der Waals surface area contributed by atoms with E-state index in [1.807, 2.05) is 14.1 Å². The number of nitrogens with one attached hydrogen (secondary N) is 3. The van der Waals surface area contributed by atoms with Crippen molar-refractivity contribution in [3.63, 3.8) is 0 Å². The number of benzene rings is 3. The number of alkyl halides is 3. The maximum absolute atomic E-state index is 13.9. The van der Waals surface area contributed by atoms with E-state index < -0.39 is 17.8 Å². The van der Waals surface area contributed by atoms with Crippen LogP contribution >= 0.6 is 11.6 Å². The van der Waals surface area contributed by atoms with Crippen LogP contribution in [0.2, 0.25) is 5.02 Å². The summed E-state index contributed by atoms with van der Waals surface area (Å²) in [5.74, 6) is 1.30. The molecule has 3 aromatic carbocycles. The third kappa shape index (κ3) is 9.32. The normalized spacial score (nSPS) is 11.3. The molecule has 0 aliphatic heterocycles. The van der Waals surface area contributed by atoms with Crippen molar-refractivity contribution in [2.24, 2.45) is 0 Å². The molecule has 0 aliphatic carbocycles. The summed E-state index contributed by atoms with van der Waals surface area (Å²) in [5.41, 5.74) is 0.502. The highest BCUT2D eigenvalue weighted by Gasteiger charge is 2.34. The van der Waals surface area contributed by atoms with E-state index in [2.05, 4.69) is 30.8 Å². The van der Waals surface area contributed by atoms with Gasteiger partial charge < -0.3 is 25.6 Å². The van der Waals surface area contributed by atoms with E-state index in [9.17, 15) is 18.0 Å². The van der Waals surface area contributed by atoms with Gasteiger partial charge in [0.2, 0.25) is 11.8 Å². The molecule has 226 valence electrons. The Kier molecular flexibility index (Phi) is 10.4. The predicted molar refractivity (Wildman–Crippen MR) is 164 cm³/mol. The molecule has 0 spiro atoms. The third-order valence-electron chi connectivity index (χ3n) is 6.33. The Morgan fingerprint density at radius 1 is 1.00 bits per heavy atom. The average molecular weight is 613 g/mol. The largest absolute Gasteiger partial charge is 0.439 e. The van der Waals surface area contributed by atoms with Crippen molar-refractivity contribution in [1.29, 1.82) is 0 Å². The van der Waals surface area contributed by atoms with E-state index in [0.717, 1.165) is 32.0 Å². The molecule has 0 aliphatic rings. The summed E-state index contributed by atoms with van der Waals surface area (Å²) >= 11 is 5.98. The van der Waals surface area contributed by atoms with Gasteiger partial charge in [-0.05, 0) is 99.6 Å². The van der Waals surface area contributed by atoms with Gasteiger partial charge in [0, 0.05) is 35.2 Å². The van der Waals surface area contributed by atoms with Crippen LogP contribution in [0.15, 0.2) is 72.9 Å². The summed E-state index contributed by atoms with van der Waals surface area (Å²) < 4.78 is 47.5. The van der Waals surface area contributed by atoms with E-state index in [4.69, 9.17) is 16.3 Å². The second-order valence-corrected chi connectivity index (χ2v) is 10.5. The molecule has 2 amide bonds. The third-order valence-corrected chi connectivity index (χ3v) is 6.57. The van der Waals surface area contributed by atoms with Gasteiger partial charge in [0.25, 0.3) is 0 Å². The molecule has 3 N–H and O–H groups in total. The number of aromatic nitrogens is 2. The Hall–Kier alpha value is -4.35. The maximum atomic E-state index is 13.9. The number of hydrogen-bond donors (Lipinski definition) is 3. The van der Waals surface area contributed by atoms with Crippen LogP contribution in [0.25, 0.3) is 11.1 Å². The number of amides is 2. The summed E-state index contributed by atoms with van der Waals surface area (Å²) in [4.78, 5) is 23.4. The molecule has 0 unspecified atom stereocenters. The summed E-state index contributed by atoms with van der Waals surface area (Å²) in [7, 11) is 4.08. The molecule has 43 heavy (non-hydrogen) atoms. The van der Waals surface area contributed by atoms with Crippen molar-refractivity contribution in [2.45, 2.75) is 25.9 Å². The van der Waals surface area contributed by atoms with E-state index in [1.165, 1.54) is 18.2 Å². The molecular formula is C31H32ClF3N6O2. The first kappa shape index (κ1) is 31.6. The molecule has 1 heterocycles. The molecule has 4 aromatic rings. The zero-order chi connectivity index (χ0) is 31.0. The van der Waals surface area contributed by atoms with Gasteiger partial charge in [-0.15, -0.1) is 0 Å². The Balaban J connectivity index is 1.38. The lowest BCUT2D eigenvalue weighted by molar-refractivity contribution is -0.137. The highest BCUT2D eigenvalue weighted by molar-refractivity contribution is 6.30. The number of ether oxygens (including phenoxy) is 1. The van der Waals surface area contributed by atoms with Crippen molar-refractivity contribution >= 4 is 35.0 Å². The number of hydrogen-bond acceptors (Lipinski definition) is 6. The smallest absolute Gasteiger partial charge is 0.417 e. The zero-order valence-electron chi connectivity index (χ0n) is 23.9. The first-order chi connectivity index (χ1) is 20.5. The highest BCUT2D eigenvalue weighted by Crippen LogP contribution is 2.39. The average Bonchev–Trinajstić information content (AvgIpc) is 2.94. The molecular weight excluding hydrogens is 581 g/mol. The minimum atomic E-state index is -4.65. The number of unbranched alkanes of at least 4 members (excludes halogenated alkanes) is 1. The van der Waals surface area contributed by atoms with Crippen LogP contribution < -0.4 is 20.7 Å². The second kappa shape index (κ2) is 14.2. The summed E-state index contributed by atoms with van der Waals surface area (Å²) in [5, 5.41) is 8.65. The van der Waals surface area contributed by atoms with Crippen LogP contribution in [0.1, 0.15) is 24.0 Å². The van der Waals surface area contributed by atoms with Crippen LogP contribution in [0.5, 0.6) is 11.6 Å². The first-order valence-corrected chi connectivity index (χ1v) is 13.9. The fourth-order valence-corrected chi connectivity index (χ4v) is 4.44. The lowest BCUT2D eigenvalue weighted by atomic mass is 9.98. The van der Waals surface area contributed by atoms with E-state index in [-0.39, 0.29) is 11.3 Å². The van der Waals surface area contributed by atoms with Gasteiger partial charge in [0.05, 0.1) is 5.56 Å². The van der Waals surface area contributed by atoms with E-state index in [0.29, 0.717) is 39.4 Å². The van der Waals surface area contributed by atoms with Gasteiger partial charge in [0.1, 0.15) is 5.75 Å². The Morgan fingerprint density at radius 3 is 2.53 bits per heavy atom. The molecule has 1 aromatic heterocycles. The molecule has 0 saturated heterocycles. The number of carbonyl (C=O) groups is 1. The van der Waals surface area contributed by atoms with Crippen LogP contribution in [-0.4, -0.2) is 48.1 Å². The Bertz CT molecular complexity index is 1570. The van der Waals surface area contributed by atoms with Gasteiger partial charge in [-0.2, -0.15) is 18.2 Å². The fourth-order valence-electron chi connectivity index (χ4n) is 4.25. The molecule has 0 saturated carbocycles. The van der Waals surface area contributed by atoms with Gasteiger partial charge >= 0.3 is 12.2 Å². The number of carbonyl (C=O) groups excluding carboxylic acids is 1. The van der Waals surface area contributed by atoms with Crippen molar-refractivity contribution in [3.05, 3.63) is 89.1 Å². The van der Waals surface area contributed by atoms with Gasteiger partial charge in [0.15, 0.2) is 0 Å². The van der Waals surface area contributed by atoms with Gasteiger partial charge in [-0.25, -0.2) is 9.78 Å². The van der Waals surface area contributed by atoms with E-state index in [1.54, 1.807) is 55.6 Å². The maximum Gasteiger partial charge on any atom is 0.417 e. The van der Waals surface area contributed by atoms with E-state index >= 15 is 0 Å². The molecule has 4 rings (SSSR count). The van der Waals surface area contributed by atoms with Crippen molar-refractivity contribution in [2.75, 3.05) is 43.1 Å². The number of rotatable bonds is 11. The van der Waals surface area contributed by atoms with Crippen molar-refractivity contribution in [1.82, 2.24) is 14.9 Å². The number of aryl methyl sites for hydroxylation is 1. The topological polar surface area (TPSA) is 91.4 Å². The number of anilines is 3. The second-order valence-electron chi connectivity index (χ2n) is 10.1. The summed E-state index contributed by atoms with van der Waals surface area (Å²) in [6.45, 7) is 3.52. The number of nitrogens with zero attached hydrogens (tertiary/aromatic N) is 3. The fraction of sp³-hybridized carbons (Fsp3) is 0.258. The molecule has 0 radical (unpaired) electrons. The molecule has 8 nitrogen and oxygen atoms in total. The number of halogens is 4. The van der Waals surface area contributed by atoms with Crippen molar-refractivity contribution in [3.8, 4) is 22.8 Å². The number of urea groups is 1. The first-order valence-electron chi connectivity index (χ1n) is 13.5. The predicted octanol–water partition coefficient (Wildman–Crippen LogP) is 8.31. The van der Waals surface area contributed by atoms with Gasteiger partial charge in [-0.3, -0.25) is 0 Å².